The molecule has 0 saturated carbocycles. The van der Waals surface area contributed by atoms with E-state index in [0.717, 1.165) is 6.42 Å². The fourth-order valence-electron chi connectivity index (χ4n) is 2.86. The molecule has 0 aliphatic heterocycles. The van der Waals surface area contributed by atoms with Crippen LogP contribution < -0.4 is 9.47 Å². The van der Waals surface area contributed by atoms with Gasteiger partial charge in [-0.15, -0.1) is 0 Å². The fourth-order valence-corrected chi connectivity index (χ4v) is 2.86. The minimum Gasteiger partial charge on any atom is -0.475 e. The SMILES string of the molecule is O=C(COc1ccccc1[N+](=O)[O-])Oc1ccc(C(=O)OCCCc2ccccc2)cc1. The van der Waals surface area contributed by atoms with Gasteiger partial charge in [0.2, 0.25) is 0 Å². The molecule has 3 rings (SSSR count). The molecule has 0 radical (unpaired) electrons. The van der Waals surface area contributed by atoms with Gasteiger partial charge in [0.1, 0.15) is 5.75 Å². The van der Waals surface area contributed by atoms with E-state index >= 15 is 0 Å². The van der Waals surface area contributed by atoms with E-state index in [1.165, 1.54) is 48.0 Å². The van der Waals surface area contributed by atoms with Crippen molar-refractivity contribution in [2.75, 3.05) is 13.2 Å². The van der Waals surface area contributed by atoms with Crippen LogP contribution in [0.2, 0.25) is 0 Å². The second-order valence-electron chi connectivity index (χ2n) is 6.74. The Balaban J connectivity index is 1.43. The highest BCUT2D eigenvalue weighted by molar-refractivity contribution is 5.89. The number of esters is 2. The number of hydrogen-bond acceptors (Lipinski definition) is 7. The molecule has 32 heavy (non-hydrogen) atoms. The van der Waals surface area contributed by atoms with Crippen molar-refractivity contribution < 1.29 is 28.7 Å². The summed E-state index contributed by atoms with van der Waals surface area (Å²) < 4.78 is 15.6. The summed E-state index contributed by atoms with van der Waals surface area (Å²) >= 11 is 0. The molecule has 0 saturated heterocycles. The van der Waals surface area contributed by atoms with Crippen molar-refractivity contribution in [3.05, 3.63) is 100 Å². The van der Waals surface area contributed by atoms with Gasteiger partial charge >= 0.3 is 17.6 Å². The van der Waals surface area contributed by atoms with Gasteiger partial charge in [-0.2, -0.15) is 0 Å². The predicted octanol–water partition coefficient (Wildman–Crippen LogP) is 4.37. The number of nitrogens with zero attached hydrogens (tertiary/aromatic N) is 1. The summed E-state index contributed by atoms with van der Waals surface area (Å²) in [6, 6.07) is 21.6. The Morgan fingerprint density at radius 1 is 0.875 bits per heavy atom. The molecule has 0 fully saturated rings. The molecule has 0 aliphatic rings. The number of nitro groups is 1. The Bertz CT molecular complexity index is 1070. The van der Waals surface area contributed by atoms with Crippen LogP contribution in [0.15, 0.2) is 78.9 Å². The molecular weight excluding hydrogens is 414 g/mol. The standard InChI is InChI=1S/C24H21NO7/c26-23(17-31-22-11-5-4-10-21(22)25(28)29)32-20-14-12-19(13-15-20)24(27)30-16-6-9-18-7-2-1-3-8-18/h1-5,7-8,10-15H,6,9,16-17H2. The van der Waals surface area contributed by atoms with Gasteiger partial charge in [-0.1, -0.05) is 42.5 Å². The maximum absolute atomic E-state index is 12.1. The van der Waals surface area contributed by atoms with Gasteiger partial charge < -0.3 is 14.2 Å². The van der Waals surface area contributed by atoms with E-state index in [1.807, 2.05) is 30.3 Å². The van der Waals surface area contributed by atoms with Crippen molar-refractivity contribution in [3.8, 4) is 11.5 Å². The molecule has 0 aliphatic carbocycles. The van der Waals surface area contributed by atoms with Gasteiger partial charge in [-0.25, -0.2) is 9.59 Å². The summed E-state index contributed by atoms with van der Waals surface area (Å²) in [6.07, 6.45) is 1.53. The number of carbonyl (C=O) groups is 2. The number of rotatable bonds is 10. The number of ether oxygens (including phenoxy) is 3. The topological polar surface area (TPSA) is 105 Å². The Morgan fingerprint density at radius 2 is 1.56 bits per heavy atom. The first kappa shape index (κ1) is 22.5. The molecular formula is C24H21NO7. The lowest BCUT2D eigenvalue weighted by molar-refractivity contribution is -0.385. The normalized spacial score (nSPS) is 10.2. The molecule has 3 aromatic carbocycles. The van der Waals surface area contributed by atoms with Crippen molar-refractivity contribution in [1.29, 1.82) is 0 Å². The summed E-state index contributed by atoms with van der Waals surface area (Å²) in [5, 5.41) is 11.0. The first-order valence-corrected chi connectivity index (χ1v) is 9.91. The highest BCUT2D eigenvalue weighted by Crippen LogP contribution is 2.25. The molecule has 8 heteroatoms. The van der Waals surface area contributed by atoms with Crippen molar-refractivity contribution in [1.82, 2.24) is 0 Å². The van der Waals surface area contributed by atoms with Crippen LogP contribution in [0.1, 0.15) is 22.3 Å². The van der Waals surface area contributed by atoms with Crippen LogP contribution in [0.4, 0.5) is 5.69 Å². The smallest absolute Gasteiger partial charge is 0.349 e. The van der Waals surface area contributed by atoms with Crippen molar-refractivity contribution in [2.24, 2.45) is 0 Å². The molecule has 3 aromatic rings. The highest BCUT2D eigenvalue weighted by Gasteiger charge is 2.16. The Morgan fingerprint density at radius 3 is 2.28 bits per heavy atom. The lowest BCUT2D eigenvalue weighted by Gasteiger charge is -2.08. The van der Waals surface area contributed by atoms with E-state index in [9.17, 15) is 19.7 Å². The Hall–Kier alpha value is -4.20. The molecule has 0 bridgehead atoms. The van der Waals surface area contributed by atoms with Crippen molar-refractivity contribution in [3.63, 3.8) is 0 Å². The summed E-state index contributed by atoms with van der Waals surface area (Å²) in [5.41, 5.74) is 1.27. The zero-order chi connectivity index (χ0) is 22.8. The average Bonchev–Trinajstić information content (AvgIpc) is 2.81. The zero-order valence-corrected chi connectivity index (χ0v) is 17.1. The minimum absolute atomic E-state index is 0.0280. The predicted molar refractivity (Wildman–Crippen MR) is 116 cm³/mol. The van der Waals surface area contributed by atoms with E-state index in [4.69, 9.17) is 14.2 Å². The van der Waals surface area contributed by atoms with Crippen LogP contribution >= 0.6 is 0 Å². The third kappa shape index (κ3) is 6.66. The largest absolute Gasteiger partial charge is 0.475 e. The first-order chi connectivity index (χ1) is 15.5. The molecule has 8 nitrogen and oxygen atoms in total. The molecule has 0 atom stereocenters. The third-order valence-corrected chi connectivity index (χ3v) is 4.41. The summed E-state index contributed by atoms with van der Waals surface area (Å²) in [6.45, 7) is -0.205. The molecule has 0 unspecified atom stereocenters. The van der Waals surface area contributed by atoms with Gasteiger partial charge in [0, 0.05) is 6.07 Å². The van der Waals surface area contributed by atoms with Crippen LogP contribution in [0.3, 0.4) is 0 Å². The first-order valence-electron chi connectivity index (χ1n) is 9.91. The molecule has 0 spiro atoms. The quantitative estimate of drug-likeness (QED) is 0.153. The molecule has 164 valence electrons. The van der Waals surface area contributed by atoms with Crippen LogP contribution in [-0.2, 0) is 16.0 Å². The van der Waals surface area contributed by atoms with Crippen LogP contribution in [-0.4, -0.2) is 30.1 Å². The number of nitro benzene ring substituents is 1. The van der Waals surface area contributed by atoms with E-state index in [2.05, 4.69) is 0 Å². The van der Waals surface area contributed by atoms with Crippen molar-refractivity contribution >= 4 is 17.6 Å². The van der Waals surface area contributed by atoms with E-state index in [-0.39, 0.29) is 17.2 Å². The summed E-state index contributed by atoms with van der Waals surface area (Å²) in [4.78, 5) is 34.5. The highest BCUT2D eigenvalue weighted by atomic mass is 16.6. The molecule has 0 N–H and O–H groups in total. The number of carbonyl (C=O) groups excluding carboxylic acids is 2. The van der Waals surface area contributed by atoms with Gasteiger partial charge in [-0.3, -0.25) is 10.1 Å². The third-order valence-electron chi connectivity index (χ3n) is 4.41. The van der Waals surface area contributed by atoms with E-state index < -0.39 is 23.5 Å². The Kier molecular flexibility index (Phi) is 7.91. The molecule has 0 amide bonds. The average molecular weight is 435 g/mol. The van der Waals surface area contributed by atoms with E-state index in [0.29, 0.717) is 18.6 Å². The number of aryl methyl sites for hydroxylation is 1. The van der Waals surface area contributed by atoms with Crippen LogP contribution in [0.5, 0.6) is 11.5 Å². The lowest BCUT2D eigenvalue weighted by atomic mass is 10.1. The fraction of sp³-hybridized carbons (Fsp3) is 0.167. The second-order valence-corrected chi connectivity index (χ2v) is 6.74. The van der Waals surface area contributed by atoms with Gasteiger partial charge in [0.05, 0.1) is 17.1 Å². The molecule has 0 aromatic heterocycles. The number of benzene rings is 3. The lowest BCUT2D eigenvalue weighted by Crippen LogP contribution is -2.18. The number of hydrogen-bond donors (Lipinski definition) is 0. The Labute approximate surface area is 184 Å². The van der Waals surface area contributed by atoms with Crippen molar-refractivity contribution in [2.45, 2.75) is 12.8 Å². The van der Waals surface area contributed by atoms with Gasteiger partial charge in [0.25, 0.3) is 0 Å². The minimum atomic E-state index is -0.737. The monoisotopic (exact) mass is 435 g/mol. The van der Waals surface area contributed by atoms with Gasteiger partial charge in [-0.05, 0) is 48.7 Å². The molecule has 0 heterocycles. The van der Waals surface area contributed by atoms with Gasteiger partial charge in [0.15, 0.2) is 12.4 Å². The maximum Gasteiger partial charge on any atom is 0.349 e. The zero-order valence-electron chi connectivity index (χ0n) is 17.1. The van der Waals surface area contributed by atoms with Crippen LogP contribution in [0, 0.1) is 10.1 Å². The summed E-state index contributed by atoms with van der Waals surface area (Å²) in [5.74, 6) is -1.02. The maximum atomic E-state index is 12.1. The second kappa shape index (κ2) is 11.3. The number of para-hydroxylation sites is 2. The van der Waals surface area contributed by atoms with E-state index in [1.54, 1.807) is 6.07 Å². The van der Waals surface area contributed by atoms with Crippen LogP contribution in [0.25, 0.3) is 0 Å². The summed E-state index contributed by atoms with van der Waals surface area (Å²) in [7, 11) is 0.